The molecule has 1 heterocycles. The summed E-state index contributed by atoms with van der Waals surface area (Å²) in [6, 6.07) is 6.20. The number of benzene rings is 1. The predicted molar refractivity (Wildman–Crippen MR) is 67.1 cm³/mol. The van der Waals surface area contributed by atoms with Crippen molar-refractivity contribution in [2.24, 2.45) is 5.92 Å². The van der Waals surface area contributed by atoms with Gasteiger partial charge in [-0.2, -0.15) is 0 Å². The van der Waals surface area contributed by atoms with Gasteiger partial charge in [-0.05, 0) is 43.5 Å². The lowest BCUT2D eigenvalue weighted by Gasteiger charge is -2.29. The Kier molecular flexibility index (Phi) is 3.72. The minimum atomic E-state index is 0.373. The smallest absolute Gasteiger partial charge is 0.123 e. The molecule has 0 aliphatic carbocycles. The van der Waals surface area contributed by atoms with E-state index in [1.807, 2.05) is 18.2 Å². The van der Waals surface area contributed by atoms with Crippen LogP contribution >= 0.6 is 11.6 Å². The highest BCUT2D eigenvalue weighted by Gasteiger charge is 2.22. The van der Waals surface area contributed by atoms with Crippen molar-refractivity contribution in [2.45, 2.75) is 25.8 Å². The van der Waals surface area contributed by atoms with Gasteiger partial charge >= 0.3 is 0 Å². The first-order chi connectivity index (χ1) is 7.70. The van der Waals surface area contributed by atoms with Crippen LogP contribution in [0.1, 0.15) is 31.4 Å². The van der Waals surface area contributed by atoms with Gasteiger partial charge in [-0.15, -0.1) is 0 Å². The number of ether oxygens (including phenoxy) is 1. The fraction of sp³-hybridized carbons (Fsp3) is 0.538. The third kappa shape index (κ3) is 2.50. The van der Waals surface area contributed by atoms with Gasteiger partial charge in [0.2, 0.25) is 0 Å². The fourth-order valence-electron chi connectivity index (χ4n) is 2.32. The predicted octanol–water partition coefficient (Wildman–Crippen LogP) is 3.41. The van der Waals surface area contributed by atoms with E-state index in [4.69, 9.17) is 16.3 Å². The third-order valence-corrected chi connectivity index (χ3v) is 3.47. The molecule has 1 aliphatic heterocycles. The number of hydrogen-bond donors (Lipinski definition) is 1. The van der Waals surface area contributed by atoms with Gasteiger partial charge in [0.1, 0.15) is 5.75 Å². The zero-order valence-electron chi connectivity index (χ0n) is 9.79. The molecule has 0 spiro atoms. The van der Waals surface area contributed by atoms with E-state index in [9.17, 15) is 0 Å². The summed E-state index contributed by atoms with van der Waals surface area (Å²) in [6.07, 6.45) is 2.40. The van der Waals surface area contributed by atoms with Gasteiger partial charge in [0.05, 0.1) is 7.11 Å². The number of halogens is 1. The van der Waals surface area contributed by atoms with E-state index < -0.39 is 0 Å². The molecule has 0 aromatic heterocycles. The van der Waals surface area contributed by atoms with Crippen molar-refractivity contribution < 1.29 is 4.74 Å². The molecule has 0 amide bonds. The summed E-state index contributed by atoms with van der Waals surface area (Å²) in [7, 11) is 1.71. The molecule has 0 saturated carbocycles. The summed E-state index contributed by atoms with van der Waals surface area (Å²) >= 11 is 6.05. The third-order valence-electron chi connectivity index (χ3n) is 3.23. The maximum atomic E-state index is 6.05. The molecule has 88 valence electrons. The lowest BCUT2D eigenvalue weighted by Crippen LogP contribution is -2.31. The van der Waals surface area contributed by atoms with E-state index in [0.717, 1.165) is 29.7 Å². The first-order valence-electron chi connectivity index (χ1n) is 5.77. The van der Waals surface area contributed by atoms with E-state index in [-0.39, 0.29) is 0 Å². The normalized spacial score (nSPS) is 25.4. The topological polar surface area (TPSA) is 21.3 Å². The van der Waals surface area contributed by atoms with Crippen LogP contribution in [-0.2, 0) is 0 Å². The van der Waals surface area contributed by atoms with Crippen molar-refractivity contribution in [1.82, 2.24) is 5.32 Å². The maximum Gasteiger partial charge on any atom is 0.123 e. The van der Waals surface area contributed by atoms with Crippen molar-refractivity contribution in [1.29, 1.82) is 0 Å². The minimum Gasteiger partial charge on any atom is -0.496 e. The molecule has 2 atom stereocenters. The molecule has 16 heavy (non-hydrogen) atoms. The van der Waals surface area contributed by atoms with Crippen LogP contribution in [0.15, 0.2) is 18.2 Å². The molecule has 0 radical (unpaired) electrons. The monoisotopic (exact) mass is 239 g/mol. The second kappa shape index (κ2) is 5.07. The Morgan fingerprint density at radius 1 is 1.44 bits per heavy atom. The number of nitrogens with one attached hydrogen (secondary N) is 1. The Bertz CT molecular complexity index is 367. The molecule has 1 aromatic carbocycles. The summed E-state index contributed by atoms with van der Waals surface area (Å²) < 4.78 is 5.39. The van der Waals surface area contributed by atoms with Crippen LogP contribution in [0, 0.1) is 5.92 Å². The molecule has 3 heteroatoms. The molecule has 1 saturated heterocycles. The Morgan fingerprint density at radius 2 is 2.25 bits per heavy atom. The van der Waals surface area contributed by atoms with Crippen LogP contribution in [0.5, 0.6) is 5.75 Å². The highest BCUT2D eigenvalue weighted by atomic mass is 35.5. The molecular formula is C13H18ClNO. The minimum absolute atomic E-state index is 0.373. The Hall–Kier alpha value is -0.730. The van der Waals surface area contributed by atoms with E-state index in [2.05, 4.69) is 12.2 Å². The maximum absolute atomic E-state index is 6.05. The van der Waals surface area contributed by atoms with Crippen molar-refractivity contribution >= 4 is 11.6 Å². The lowest BCUT2D eigenvalue weighted by molar-refractivity contribution is 0.315. The van der Waals surface area contributed by atoms with Gasteiger partial charge in [-0.25, -0.2) is 0 Å². The zero-order valence-corrected chi connectivity index (χ0v) is 10.6. The van der Waals surface area contributed by atoms with Gasteiger partial charge in [0.15, 0.2) is 0 Å². The molecule has 2 nitrogen and oxygen atoms in total. The second-order valence-electron chi connectivity index (χ2n) is 4.52. The first-order valence-corrected chi connectivity index (χ1v) is 6.15. The lowest BCUT2D eigenvalue weighted by atomic mass is 9.90. The molecule has 1 N–H and O–H groups in total. The van der Waals surface area contributed by atoms with Gasteiger partial charge in [0.25, 0.3) is 0 Å². The number of hydrogen-bond acceptors (Lipinski definition) is 2. The standard InChI is InChI=1S/C13H18ClNO/c1-9-5-6-15-12(7-9)11-8-10(14)3-4-13(11)16-2/h3-4,8-9,12,15H,5-7H2,1-2H3. The van der Waals surface area contributed by atoms with Crippen LogP contribution in [0.2, 0.25) is 5.02 Å². The quantitative estimate of drug-likeness (QED) is 0.854. The summed E-state index contributed by atoms with van der Waals surface area (Å²) in [5, 5.41) is 4.30. The fourth-order valence-corrected chi connectivity index (χ4v) is 2.50. The van der Waals surface area contributed by atoms with Crippen molar-refractivity contribution in [3.63, 3.8) is 0 Å². The molecule has 2 unspecified atom stereocenters. The van der Waals surface area contributed by atoms with Gasteiger partial charge in [-0.1, -0.05) is 18.5 Å². The first kappa shape index (κ1) is 11.7. The van der Waals surface area contributed by atoms with E-state index in [1.54, 1.807) is 7.11 Å². The van der Waals surface area contributed by atoms with Gasteiger partial charge in [0, 0.05) is 16.6 Å². The molecule has 2 rings (SSSR count). The largest absolute Gasteiger partial charge is 0.496 e. The van der Waals surface area contributed by atoms with Crippen LogP contribution < -0.4 is 10.1 Å². The SMILES string of the molecule is COc1ccc(Cl)cc1C1CC(C)CCN1. The molecule has 0 bridgehead atoms. The molecule has 1 aromatic rings. The molecule has 1 aliphatic rings. The highest BCUT2D eigenvalue weighted by molar-refractivity contribution is 6.30. The van der Waals surface area contributed by atoms with E-state index >= 15 is 0 Å². The average molecular weight is 240 g/mol. The Morgan fingerprint density at radius 3 is 2.94 bits per heavy atom. The van der Waals surface area contributed by atoms with E-state index in [1.165, 1.54) is 12.0 Å². The number of piperidine rings is 1. The van der Waals surface area contributed by atoms with Crippen LogP contribution in [0.4, 0.5) is 0 Å². The number of methoxy groups -OCH3 is 1. The van der Waals surface area contributed by atoms with Crippen LogP contribution in [0.25, 0.3) is 0 Å². The summed E-state index contributed by atoms with van der Waals surface area (Å²) in [6.45, 7) is 3.37. The summed E-state index contributed by atoms with van der Waals surface area (Å²) in [5.41, 5.74) is 1.18. The van der Waals surface area contributed by atoms with Crippen LogP contribution in [-0.4, -0.2) is 13.7 Å². The van der Waals surface area contributed by atoms with Crippen molar-refractivity contribution in [3.8, 4) is 5.75 Å². The Balaban J connectivity index is 2.26. The van der Waals surface area contributed by atoms with Gasteiger partial charge < -0.3 is 10.1 Å². The van der Waals surface area contributed by atoms with Gasteiger partial charge in [-0.3, -0.25) is 0 Å². The molecular weight excluding hydrogens is 222 g/mol. The van der Waals surface area contributed by atoms with Crippen LogP contribution in [0.3, 0.4) is 0 Å². The zero-order chi connectivity index (χ0) is 11.5. The van der Waals surface area contributed by atoms with Crippen molar-refractivity contribution in [3.05, 3.63) is 28.8 Å². The average Bonchev–Trinajstić information content (AvgIpc) is 2.29. The highest BCUT2D eigenvalue weighted by Crippen LogP contribution is 2.34. The molecule has 1 fully saturated rings. The number of rotatable bonds is 2. The second-order valence-corrected chi connectivity index (χ2v) is 4.96. The Labute approximate surface area is 102 Å². The summed E-state index contributed by atoms with van der Waals surface area (Å²) in [5.74, 6) is 1.69. The van der Waals surface area contributed by atoms with Crippen molar-refractivity contribution in [2.75, 3.05) is 13.7 Å². The van der Waals surface area contributed by atoms with E-state index in [0.29, 0.717) is 6.04 Å². The summed E-state index contributed by atoms with van der Waals surface area (Å²) in [4.78, 5) is 0.